The molecule has 1 radical (unpaired) electrons. The van der Waals surface area contributed by atoms with Crippen molar-refractivity contribution in [3.05, 3.63) is 19.1 Å². The number of alkyl halides is 2. The van der Waals surface area contributed by atoms with E-state index in [0.717, 1.165) is 0 Å². The van der Waals surface area contributed by atoms with Crippen molar-refractivity contribution in [2.24, 2.45) is 0 Å². The van der Waals surface area contributed by atoms with Crippen LogP contribution in [-0.2, 0) is 0 Å². The summed E-state index contributed by atoms with van der Waals surface area (Å²) in [5.41, 5.74) is 0. The Bertz CT molecular complexity index is 86.0. The Balaban J connectivity index is 3.90. The number of allylic oxidation sites excluding steroid dienone is 1. The maximum absolute atomic E-state index is 11.4. The molecule has 0 spiro atoms. The van der Waals surface area contributed by atoms with Gasteiger partial charge in [-0.1, -0.05) is 6.58 Å². The lowest BCUT2D eigenvalue weighted by Gasteiger charge is -2.05. The highest BCUT2D eigenvalue weighted by molar-refractivity contribution is 4.97. The van der Waals surface area contributed by atoms with E-state index in [4.69, 9.17) is 0 Å². The first-order chi connectivity index (χ1) is 3.50. The smallest absolute Gasteiger partial charge is 0.195 e. The lowest BCUT2D eigenvalue weighted by molar-refractivity contribution is -0.0160. The van der Waals surface area contributed by atoms with Crippen molar-refractivity contribution in [1.82, 2.24) is 0 Å². The van der Waals surface area contributed by atoms with Crippen molar-refractivity contribution in [1.29, 1.82) is 0 Å². The van der Waals surface area contributed by atoms with Gasteiger partial charge in [0.15, 0.2) is 0 Å². The molecule has 0 heterocycles. The van der Waals surface area contributed by atoms with E-state index in [1.54, 1.807) is 0 Å². The minimum Gasteiger partial charge on any atom is -0.195 e. The van der Waals surface area contributed by atoms with Gasteiger partial charge < -0.3 is 0 Å². The van der Waals surface area contributed by atoms with Crippen LogP contribution >= 0.6 is 0 Å². The van der Waals surface area contributed by atoms with Gasteiger partial charge in [0.05, 0.1) is 0 Å². The molecule has 47 valence electrons. The van der Waals surface area contributed by atoms with Gasteiger partial charge in [0.2, 0.25) is 0 Å². The number of rotatable bonds is 2. The Labute approximate surface area is 43.8 Å². The van der Waals surface area contributed by atoms with E-state index in [1.165, 1.54) is 0 Å². The highest BCUT2D eigenvalue weighted by Crippen LogP contribution is 2.29. The number of halogens is 4. The molecule has 0 atom stereocenters. The predicted octanol–water partition coefficient (Wildman–Crippen LogP) is 2.24. The fraction of sp³-hybridized carbons (Fsp3) is 0.250. The van der Waals surface area contributed by atoms with E-state index in [9.17, 15) is 17.6 Å². The average molecular weight is 127 g/mol. The van der Waals surface area contributed by atoms with Gasteiger partial charge in [-0.15, -0.1) is 0 Å². The third kappa shape index (κ3) is 1.52. The summed E-state index contributed by atoms with van der Waals surface area (Å²) in [6.45, 7) is 2.50. The van der Waals surface area contributed by atoms with Gasteiger partial charge in [-0.25, -0.2) is 0 Å². The van der Waals surface area contributed by atoms with Crippen molar-refractivity contribution in [2.45, 2.75) is 5.92 Å². The predicted molar refractivity (Wildman–Crippen MR) is 20.6 cm³/mol. The Morgan fingerprint density at radius 2 is 1.75 bits per heavy atom. The number of hydrogen-bond donors (Lipinski definition) is 0. The van der Waals surface area contributed by atoms with Gasteiger partial charge in [-0.05, 0) is 6.08 Å². The van der Waals surface area contributed by atoms with E-state index < -0.39 is 12.3 Å². The molecular weight excluding hydrogens is 124 g/mol. The SMILES string of the molecule is C=CC(F)(F)[C](F)F. The quantitative estimate of drug-likeness (QED) is 0.394. The van der Waals surface area contributed by atoms with Crippen molar-refractivity contribution in [3.8, 4) is 0 Å². The van der Waals surface area contributed by atoms with Gasteiger partial charge in [0.1, 0.15) is 0 Å². The minimum absolute atomic E-state index is 0.109. The molecule has 0 fully saturated rings. The first kappa shape index (κ1) is 7.46. The van der Waals surface area contributed by atoms with Crippen LogP contribution in [0.5, 0.6) is 0 Å². The average Bonchev–Trinajstić information content (AvgIpc) is 1.67. The Hall–Kier alpha value is -0.540. The molecule has 0 amide bonds. The van der Waals surface area contributed by atoms with Gasteiger partial charge in [-0.2, -0.15) is 17.6 Å². The second-order valence-corrected chi connectivity index (χ2v) is 1.09. The summed E-state index contributed by atoms with van der Waals surface area (Å²) >= 11 is 0. The molecule has 0 aliphatic carbocycles. The van der Waals surface area contributed by atoms with Crippen LogP contribution in [0.1, 0.15) is 0 Å². The normalized spacial score (nSPS) is 12.1. The lowest BCUT2D eigenvalue weighted by atomic mass is 10.3. The Morgan fingerprint density at radius 1 is 1.38 bits per heavy atom. The van der Waals surface area contributed by atoms with E-state index >= 15 is 0 Å². The second-order valence-electron chi connectivity index (χ2n) is 1.09. The topological polar surface area (TPSA) is 0 Å². The molecule has 0 aromatic heterocycles. The summed E-state index contributed by atoms with van der Waals surface area (Å²) in [5, 5.41) is 0. The maximum Gasteiger partial charge on any atom is 0.382 e. The largest absolute Gasteiger partial charge is 0.382 e. The molecule has 0 aliphatic rings. The third-order valence-electron chi connectivity index (χ3n) is 0.508. The van der Waals surface area contributed by atoms with E-state index in [0.29, 0.717) is 0 Å². The molecule has 0 rings (SSSR count). The van der Waals surface area contributed by atoms with E-state index in [-0.39, 0.29) is 6.08 Å². The van der Waals surface area contributed by atoms with Crippen molar-refractivity contribution >= 4 is 0 Å². The summed E-state index contributed by atoms with van der Waals surface area (Å²) in [6.07, 6.45) is -3.03. The van der Waals surface area contributed by atoms with Crippen LogP contribution in [0, 0.1) is 6.43 Å². The van der Waals surface area contributed by atoms with Crippen molar-refractivity contribution in [3.63, 3.8) is 0 Å². The summed E-state index contributed by atoms with van der Waals surface area (Å²) in [4.78, 5) is 0. The molecule has 0 saturated carbocycles. The molecule has 8 heavy (non-hydrogen) atoms. The monoisotopic (exact) mass is 127 g/mol. The molecular formula is C4H3F4. The van der Waals surface area contributed by atoms with Crippen LogP contribution in [0.2, 0.25) is 0 Å². The highest BCUT2D eigenvalue weighted by Gasteiger charge is 2.39. The van der Waals surface area contributed by atoms with Crippen LogP contribution in [0.15, 0.2) is 12.7 Å². The molecule has 4 heteroatoms. The van der Waals surface area contributed by atoms with E-state index in [1.807, 2.05) is 0 Å². The van der Waals surface area contributed by atoms with Gasteiger partial charge in [0.25, 0.3) is 0 Å². The fourth-order valence-electron chi connectivity index (χ4n) is 0.0772. The fourth-order valence-corrected chi connectivity index (χ4v) is 0.0772. The standard InChI is InChI=1S/C4H3F4/c1-2-4(7,8)3(5)6/h2H,1H2. The Kier molecular flexibility index (Phi) is 2.01. The molecule has 0 aromatic carbocycles. The van der Waals surface area contributed by atoms with Gasteiger partial charge in [0, 0.05) is 0 Å². The first-order valence-electron chi connectivity index (χ1n) is 1.70. The second kappa shape index (κ2) is 2.15. The zero-order chi connectivity index (χ0) is 6.78. The van der Waals surface area contributed by atoms with Crippen molar-refractivity contribution < 1.29 is 17.6 Å². The summed E-state index contributed by atoms with van der Waals surface area (Å²) in [7, 11) is 0. The summed E-state index contributed by atoms with van der Waals surface area (Å²) in [6, 6.07) is 0. The zero-order valence-electron chi connectivity index (χ0n) is 3.80. The molecule has 0 aliphatic heterocycles. The van der Waals surface area contributed by atoms with Gasteiger partial charge >= 0.3 is 12.3 Å². The Morgan fingerprint density at radius 3 is 1.75 bits per heavy atom. The molecule has 0 nitrogen and oxygen atoms in total. The molecule has 0 aromatic rings. The minimum atomic E-state index is -4.11. The molecule has 0 bridgehead atoms. The van der Waals surface area contributed by atoms with E-state index in [2.05, 4.69) is 6.58 Å². The third-order valence-corrected chi connectivity index (χ3v) is 0.508. The highest BCUT2D eigenvalue weighted by atomic mass is 19.3. The summed E-state index contributed by atoms with van der Waals surface area (Å²) in [5.74, 6) is -4.11. The van der Waals surface area contributed by atoms with Crippen LogP contribution < -0.4 is 0 Å². The van der Waals surface area contributed by atoms with Crippen molar-refractivity contribution in [2.75, 3.05) is 0 Å². The molecule has 0 saturated heterocycles. The molecule has 0 unspecified atom stereocenters. The van der Waals surface area contributed by atoms with Crippen LogP contribution in [0.25, 0.3) is 0 Å². The van der Waals surface area contributed by atoms with Crippen LogP contribution in [0.3, 0.4) is 0 Å². The summed E-state index contributed by atoms with van der Waals surface area (Å²) < 4.78 is 44.6. The van der Waals surface area contributed by atoms with Crippen LogP contribution in [0.4, 0.5) is 17.6 Å². The van der Waals surface area contributed by atoms with Gasteiger partial charge in [-0.3, -0.25) is 0 Å². The first-order valence-corrected chi connectivity index (χ1v) is 1.70. The van der Waals surface area contributed by atoms with Crippen LogP contribution in [-0.4, -0.2) is 5.92 Å². The zero-order valence-corrected chi connectivity index (χ0v) is 3.80. The molecule has 0 N–H and O–H groups in total. The lowest BCUT2D eigenvalue weighted by Crippen LogP contribution is -2.15. The maximum atomic E-state index is 11.4. The number of hydrogen-bond acceptors (Lipinski definition) is 0.